The van der Waals surface area contributed by atoms with Gasteiger partial charge in [-0.15, -0.1) is 56.7 Å². The van der Waals surface area contributed by atoms with Crippen LogP contribution < -0.4 is 67.3 Å². The van der Waals surface area contributed by atoms with E-state index in [2.05, 4.69) is 73.6 Å². The summed E-state index contributed by atoms with van der Waals surface area (Å²) in [7, 11) is 1.32. The van der Waals surface area contributed by atoms with Gasteiger partial charge < -0.3 is 58.2 Å². The van der Waals surface area contributed by atoms with Crippen LogP contribution in [0.2, 0.25) is 10.0 Å². The SMILES string of the molecule is CC(C)Cc1sc(Br)nc1-c1ccc(OCC(N)=O)c(Cl)c1.CC(C)Cc1sc(Nc2ncc(-c3cccs3)cc2C(=O)O)nc1-c1ccc(OCC(N)=O)c(Cl)c1.COC(=O)c1cc(-c2cccs2)cnc1N.Nc1ncc(-c2cccs2)cc1C(=O)O.[Na+].[OH-]. The van der Waals surface area contributed by atoms with Crippen LogP contribution in [0.5, 0.6) is 11.5 Å². The number of hydrogen-bond donors (Lipinski definition) is 7. The normalized spacial score (nSPS) is 10.4. The van der Waals surface area contributed by atoms with Crippen LogP contribution in [0.4, 0.5) is 22.6 Å². The average molecular weight is 1440 g/mol. The van der Waals surface area contributed by atoms with E-state index in [1.54, 1.807) is 77.7 Å². The van der Waals surface area contributed by atoms with E-state index in [0.29, 0.717) is 44.1 Å². The number of benzene rings is 2. The number of nitrogens with one attached hydrogen (secondary N) is 1. The monoisotopic (exact) mass is 1440 g/mol. The summed E-state index contributed by atoms with van der Waals surface area (Å²) < 4.78 is 16.1. The Morgan fingerprint density at radius 2 is 1.01 bits per heavy atom. The molecular weight excluding hydrogens is 1380 g/mol. The molecule has 0 saturated carbocycles. The predicted octanol–water partition coefficient (Wildman–Crippen LogP) is 11.5. The van der Waals surface area contributed by atoms with E-state index in [-0.39, 0.29) is 76.8 Å². The quantitative estimate of drug-likeness (QED) is 0.0275. The van der Waals surface area contributed by atoms with E-state index in [0.717, 1.165) is 75.5 Å². The number of halogens is 3. The van der Waals surface area contributed by atoms with Gasteiger partial charge in [-0.1, -0.05) is 69.1 Å². The van der Waals surface area contributed by atoms with Crippen molar-refractivity contribution in [3.8, 4) is 65.3 Å². The van der Waals surface area contributed by atoms with E-state index in [4.69, 9.17) is 65.7 Å². The molecule has 0 unspecified atom stereocenters. The molecule has 0 saturated heterocycles. The minimum Gasteiger partial charge on any atom is -0.870 e. The zero-order valence-electron chi connectivity index (χ0n) is 49.4. The van der Waals surface area contributed by atoms with Gasteiger partial charge in [-0.3, -0.25) is 9.59 Å². The molecule has 0 atom stereocenters. The van der Waals surface area contributed by atoms with Crippen molar-refractivity contribution in [3.05, 3.63) is 166 Å². The number of hydrogen-bond acceptors (Lipinski definition) is 22. The first-order chi connectivity index (χ1) is 42.5. The Bertz CT molecular complexity index is 4100. The fraction of sp³-hybridized carbons (Fsp3) is 0.180. The molecule has 91 heavy (non-hydrogen) atoms. The molecule has 8 aromatic heterocycles. The summed E-state index contributed by atoms with van der Waals surface area (Å²) in [5, 5.41) is 28.9. The minimum atomic E-state index is -1.08. The van der Waals surface area contributed by atoms with Crippen LogP contribution >= 0.6 is 95.8 Å². The van der Waals surface area contributed by atoms with Crippen LogP contribution in [-0.2, 0) is 27.2 Å². The summed E-state index contributed by atoms with van der Waals surface area (Å²) in [6.45, 7) is 8.10. The van der Waals surface area contributed by atoms with Gasteiger partial charge in [-0.25, -0.2) is 39.3 Å². The molecule has 10 aromatic rings. The van der Waals surface area contributed by atoms with Crippen LogP contribution in [0.3, 0.4) is 0 Å². The van der Waals surface area contributed by atoms with Crippen molar-refractivity contribution in [2.45, 2.75) is 40.5 Å². The Balaban J connectivity index is 0.000000234. The molecule has 470 valence electrons. The van der Waals surface area contributed by atoms with Crippen LogP contribution in [0.15, 0.2) is 130 Å². The summed E-state index contributed by atoms with van der Waals surface area (Å²) in [5.74, 6) is -1.61. The summed E-state index contributed by atoms with van der Waals surface area (Å²) in [4.78, 5) is 82.7. The number of esters is 1. The number of pyridine rings is 3. The van der Waals surface area contributed by atoms with Gasteiger partial charge in [0.05, 0.1) is 28.5 Å². The number of primary amides is 2. The molecule has 0 bridgehead atoms. The van der Waals surface area contributed by atoms with Crippen molar-refractivity contribution in [1.82, 2.24) is 24.9 Å². The largest absolute Gasteiger partial charge is 1.00 e. The van der Waals surface area contributed by atoms with E-state index >= 15 is 0 Å². The van der Waals surface area contributed by atoms with Crippen LogP contribution in [0.1, 0.15) is 68.5 Å². The number of nitrogens with two attached hydrogens (primary N) is 4. The Morgan fingerprint density at radius 1 is 0.593 bits per heavy atom. The molecule has 0 spiro atoms. The van der Waals surface area contributed by atoms with E-state index < -0.39 is 29.7 Å². The smallest absolute Gasteiger partial charge is 0.870 e. The number of carbonyl (C=O) groups is 5. The van der Waals surface area contributed by atoms with Gasteiger partial charge in [0.15, 0.2) is 22.3 Å². The topological polar surface area (TPSA) is 364 Å². The van der Waals surface area contributed by atoms with Gasteiger partial charge in [-0.2, -0.15) is 0 Å². The van der Waals surface area contributed by atoms with E-state index in [1.165, 1.54) is 52.1 Å². The molecule has 12 N–H and O–H groups in total. The van der Waals surface area contributed by atoms with Crippen LogP contribution in [0.25, 0.3) is 53.8 Å². The van der Waals surface area contributed by atoms with Crippen molar-refractivity contribution in [3.63, 3.8) is 0 Å². The molecule has 30 heteroatoms. The number of carbonyl (C=O) groups excluding carboxylic acids is 3. The maximum atomic E-state index is 12.0. The van der Waals surface area contributed by atoms with Crippen molar-refractivity contribution in [2.24, 2.45) is 23.3 Å². The number of methoxy groups -OCH3 is 1. The van der Waals surface area contributed by atoms with E-state index in [1.807, 2.05) is 64.7 Å². The Morgan fingerprint density at radius 3 is 1.42 bits per heavy atom. The van der Waals surface area contributed by atoms with Crippen molar-refractivity contribution < 1.29 is 83.4 Å². The molecule has 0 fully saturated rings. The van der Waals surface area contributed by atoms with E-state index in [9.17, 15) is 29.1 Å². The Labute approximate surface area is 583 Å². The van der Waals surface area contributed by atoms with Gasteiger partial charge >= 0.3 is 47.5 Å². The van der Waals surface area contributed by atoms with Crippen molar-refractivity contribution in [2.75, 3.05) is 37.1 Å². The third-order valence-corrected chi connectivity index (χ3v) is 17.8. The second kappa shape index (κ2) is 35.4. The van der Waals surface area contributed by atoms with Gasteiger partial charge in [0.2, 0.25) is 0 Å². The average Bonchev–Trinajstić information content (AvgIpc) is 2.03. The number of thiophene rings is 3. The van der Waals surface area contributed by atoms with Crippen molar-refractivity contribution >= 4 is 148 Å². The number of aromatic nitrogens is 5. The van der Waals surface area contributed by atoms with Crippen LogP contribution in [-0.4, -0.2) is 90.7 Å². The number of thiazole rings is 2. The fourth-order valence-corrected chi connectivity index (χ4v) is 13.6. The second-order valence-electron chi connectivity index (χ2n) is 19.6. The fourth-order valence-electron chi connectivity index (χ4n) is 7.98. The molecular formula is C61H58BrCl2N10NaO11S5. The first-order valence-electron chi connectivity index (χ1n) is 26.5. The third kappa shape index (κ3) is 21.3. The summed E-state index contributed by atoms with van der Waals surface area (Å²) >= 11 is 23.7. The number of amides is 2. The molecule has 21 nitrogen and oxygen atoms in total. The number of ether oxygens (including phenoxy) is 3. The van der Waals surface area contributed by atoms with Gasteiger partial charge in [0.25, 0.3) is 11.8 Å². The molecule has 0 aliphatic heterocycles. The van der Waals surface area contributed by atoms with Gasteiger partial charge in [0, 0.05) is 70.8 Å². The van der Waals surface area contributed by atoms with Crippen molar-refractivity contribution in [1.29, 1.82) is 0 Å². The summed E-state index contributed by atoms with van der Waals surface area (Å²) in [6.07, 6.45) is 6.59. The molecule has 0 radical (unpaired) electrons. The molecule has 10 rings (SSSR count). The summed E-state index contributed by atoms with van der Waals surface area (Å²) in [6, 6.07) is 27.0. The Hall–Kier alpha value is -7.38. The number of rotatable bonds is 20. The predicted molar refractivity (Wildman–Crippen MR) is 361 cm³/mol. The molecule has 8 heterocycles. The number of carboxylic acid groups (broad SMARTS) is 2. The minimum absolute atomic E-state index is 0. The molecule has 0 aliphatic rings. The first kappa shape index (κ1) is 74.3. The third-order valence-electron chi connectivity index (χ3n) is 11.9. The zero-order valence-corrected chi connectivity index (χ0v) is 58.6. The zero-order chi connectivity index (χ0) is 64.5. The number of nitrogen functional groups attached to an aromatic ring is 2. The molecule has 0 aliphatic carbocycles. The number of carboxylic acids is 2. The van der Waals surface area contributed by atoms with Gasteiger partial charge in [0.1, 0.15) is 45.6 Å². The number of anilines is 4. The summed E-state index contributed by atoms with van der Waals surface area (Å²) in [5.41, 5.74) is 27.4. The Kier molecular flexibility index (Phi) is 29.0. The molecule has 2 aromatic carbocycles. The molecule has 2 amide bonds. The van der Waals surface area contributed by atoms with Gasteiger partial charge in [-0.05, 0) is 130 Å². The van der Waals surface area contributed by atoms with Crippen LogP contribution in [0, 0.1) is 11.8 Å². The number of nitrogens with zero attached hydrogens (tertiary/aromatic N) is 5. The second-order valence-corrected chi connectivity index (χ2v) is 26.7. The number of aromatic carboxylic acids is 2. The standard InChI is InChI=1S/C25H23ClN4O4S2.C15H16BrClN2O2S.C11H10N2O2S.C10H8N2O2S.Na.H2O/c1-13(2)8-20-22(14-5-6-18(17(26)10-14)34-12-21(27)31)29-25(36-20)30-23-16(24(32)33)9-15(11-28-23)19-4-3-7-35-19;1-8(2)5-12-14(19-15(16)22-12)9-3-4-11(10(17)6-9)21-7-13(18)20;1-15-11(14)8-5-7(6-13-10(8)12)9-3-2-4-16-9;11-9-7(10(13)14)4-6(5-12-9)8-2-1-3-15-8;;/h3-7,9-11,13H,8,12H2,1-2H3,(H2,27,31)(H,32,33)(H,28,29,30);3-4,6,8H,5,7H2,1-2H3,(H2,18,20);2-6H,1H3,(H2,12,13);1-5H,(H2,11,12)(H,13,14);;1H2/q;;;;+1;/p-1. The maximum Gasteiger partial charge on any atom is 1.00 e. The maximum absolute atomic E-state index is 12.0. The first-order valence-corrected chi connectivity index (χ1v) is 32.3.